The minimum absolute atomic E-state index is 0.0666. The minimum Gasteiger partial charge on any atom is -0.507 e. The van der Waals surface area contributed by atoms with E-state index in [-0.39, 0.29) is 27.1 Å². The molecule has 0 saturated carbocycles. The van der Waals surface area contributed by atoms with Crippen molar-refractivity contribution in [1.29, 1.82) is 0 Å². The van der Waals surface area contributed by atoms with Gasteiger partial charge in [0.25, 0.3) is 5.78 Å². The fourth-order valence-electron chi connectivity index (χ4n) is 4.83. The molecule has 0 spiro atoms. The number of ether oxygens (including phenoxy) is 3. The number of nitrogens with zero attached hydrogens (tertiary/aromatic N) is 2. The molecular formula is C32H28N2O8S. The van der Waals surface area contributed by atoms with Gasteiger partial charge in [0.1, 0.15) is 23.0 Å². The fourth-order valence-corrected chi connectivity index (χ4v) is 5.84. The molecular weight excluding hydrogens is 572 g/mol. The van der Waals surface area contributed by atoms with Gasteiger partial charge in [0.2, 0.25) is 0 Å². The zero-order valence-corrected chi connectivity index (χ0v) is 24.6. The molecule has 1 amide bonds. The summed E-state index contributed by atoms with van der Waals surface area (Å²) >= 11 is 0.890. The molecule has 1 aromatic heterocycles. The Balaban J connectivity index is 1.60. The zero-order chi connectivity index (χ0) is 30.8. The number of hydrogen-bond donors (Lipinski definition) is 2. The number of Topliss-reactive ketones (excluding diaryl/α,β-unsaturated/α-hetero) is 1. The second-order valence-corrected chi connectivity index (χ2v) is 10.7. The molecule has 1 saturated heterocycles. The molecule has 2 heterocycles. The van der Waals surface area contributed by atoms with E-state index in [1.54, 1.807) is 25.1 Å². The van der Waals surface area contributed by atoms with Crippen LogP contribution in [0, 0.1) is 13.8 Å². The summed E-state index contributed by atoms with van der Waals surface area (Å²) in [5.74, 6) is -2.38. The molecule has 1 aliphatic heterocycles. The summed E-state index contributed by atoms with van der Waals surface area (Å²) in [6.45, 7) is 3.75. The van der Waals surface area contributed by atoms with Crippen molar-refractivity contribution in [2.45, 2.75) is 26.5 Å². The number of aliphatic hydroxyl groups is 1. The molecule has 0 unspecified atom stereocenters. The van der Waals surface area contributed by atoms with Gasteiger partial charge in [0.05, 0.1) is 31.5 Å². The van der Waals surface area contributed by atoms with Crippen LogP contribution in [-0.2, 0) is 20.9 Å². The number of amides is 1. The number of phenols is 1. The van der Waals surface area contributed by atoms with Gasteiger partial charge in [-0.1, -0.05) is 47.7 Å². The molecule has 0 bridgehead atoms. The summed E-state index contributed by atoms with van der Waals surface area (Å²) in [5.41, 5.74) is 2.48. The van der Waals surface area contributed by atoms with Crippen molar-refractivity contribution >= 4 is 39.9 Å². The maximum Gasteiger partial charge on any atom is 0.350 e. The molecule has 0 radical (unpaired) electrons. The highest BCUT2D eigenvalue weighted by Gasteiger charge is 2.48. The van der Waals surface area contributed by atoms with Gasteiger partial charge in [-0.05, 0) is 60.9 Å². The number of methoxy groups -OCH3 is 2. The predicted octanol–water partition coefficient (Wildman–Crippen LogP) is 5.47. The monoisotopic (exact) mass is 600 g/mol. The van der Waals surface area contributed by atoms with Gasteiger partial charge >= 0.3 is 11.9 Å². The van der Waals surface area contributed by atoms with E-state index in [2.05, 4.69) is 4.98 Å². The Morgan fingerprint density at radius 3 is 2.42 bits per heavy atom. The van der Waals surface area contributed by atoms with E-state index < -0.39 is 29.5 Å². The lowest BCUT2D eigenvalue weighted by Gasteiger charge is -2.23. The lowest BCUT2D eigenvalue weighted by molar-refractivity contribution is -0.132. The molecule has 3 aromatic carbocycles. The first-order valence-corrected chi connectivity index (χ1v) is 14.0. The Hall–Kier alpha value is -5.16. The third-order valence-electron chi connectivity index (χ3n) is 7.01. The fraction of sp³-hybridized carbons (Fsp3) is 0.188. The zero-order valence-electron chi connectivity index (χ0n) is 23.8. The molecule has 1 atom stereocenters. The lowest BCUT2D eigenvalue weighted by Crippen LogP contribution is -2.29. The molecule has 220 valence electrons. The second kappa shape index (κ2) is 12.0. The highest BCUT2D eigenvalue weighted by atomic mass is 32.1. The number of rotatable bonds is 8. The van der Waals surface area contributed by atoms with Crippen LogP contribution in [0.25, 0.3) is 5.76 Å². The third-order valence-corrected chi connectivity index (χ3v) is 8.15. The standard InChI is InChI=1S/C32H28N2O8S/c1-17-14-21(11-13-23(17)42-16-19-8-6-5-7-9-19)27(36)25-26(20-10-12-22(35)24(15-20)40-3)34(30(38)28(25)37)32-33-18(2)29(43-32)31(39)41-4/h5-15,26,35-36H,16H2,1-4H3/b27-25+/t26-/m0/s1. The largest absolute Gasteiger partial charge is 0.507 e. The Morgan fingerprint density at radius 2 is 1.74 bits per heavy atom. The van der Waals surface area contributed by atoms with E-state index in [0.29, 0.717) is 34.7 Å². The van der Waals surface area contributed by atoms with Crippen LogP contribution in [0.4, 0.5) is 5.13 Å². The highest BCUT2D eigenvalue weighted by molar-refractivity contribution is 7.17. The number of phenolic OH excluding ortho intramolecular Hbond substituents is 1. The maximum absolute atomic E-state index is 13.6. The first kappa shape index (κ1) is 29.3. The summed E-state index contributed by atoms with van der Waals surface area (Å²) in [7, 11) is 2.60. The minimum atomic E-state index is -1.15. The summed E-state index contributed by atoms with van der Waals surface area (Å²) in [4.78, 5) is 45.1. The topological polar surface area (TPSA) is 135 Å². The quantitative estimate of drug-likeness (QED) is 0.117. The van der Waals surface area contributed by atoms with Crippen molar-refractivity contribution in [3.63, 3.8) is 0 Å². The van der Waals surface area contributed by atoms with Crippen molar-refractivity contribution in [3.8, 4) is 17.2 Å². The predicted molar refractivity (Wildman–Crippen MR) is 160 cm³/mol. The number of ketones is 1. The normalized spacial score (nSPS) is 15.9. The smallest absolute Gasteiger partial charge is 0.350 e. The van der Waals surface area contributed by atoms with Crippen molar-refractivity contribution in [2.24, 2.45) is 0 Å². The van der Waals surface area contributed by atoms with Crippen LogP contribution in [0.5, 0.6) is 17.2 Å². The van der Waals surface area contributed by atoms with E-state index in [1.807, 2.05) is 37.3 Å². The van der Waals surface area contributed by atoms with Crippen LogP contribution in [0.2, 0.25) is 0 Å². The first-order valence-electron chi connectivity index (χ1n) is 13.2. The molecule has 10 nitrogen and oxygen atoms in total. The van der Waals surface area contributed by atoms with Crippen LogP contribution in [0.3, 0.4) is 0 Å². The van der Waals surface area contributed by atoms with Crippen molar-refractivity contribution < 1.29 is 38.8 Å². The highest BCUT2D eigenvalue weighted by Crippen LogP contribution is 2.45. The van der Waals surface area contributed by atoms with Gasteiger partial charge in [0, 0.05) is 5.56 Å². The van der Waals surface area contributed by atoms with Crippen molar-refractivity contribution in [3.05, 3.63) is 105 Å². The van der Waals surface area contributed by atoms with E-state index in [9.17, 15) is 24.6 Å². The van der Waals surface area contributed by atoms with Gasteiger partial charge in [-0.3, -0.25) is 14.5 Å². The number of hydrogen-bond acceptors (Lipinski definition) is 10. The van der Waals surface area contributed by atoms with Crippen LogP contribution in [0.15, 0.2) is 72.3 Å². The summed E-state index contributed by atoms with van der Waals surface area (Å²) in [5, 5.41) is 21.8. The van der Waals surface area contributed by atoms with E-state index in [4.69, 9.17) is 14.2 Å². The molecule has 11 heteroatoms. The third kappa shape index (κ3) is 5.54. The van der Waals surface area contributed by atoms with E-state index in [1.165, 1.54) is 32.4 Å². The van der Waals surface area contributed by atoms with Crippen molar-refractivity contribution in [1.82, 2.24) is 4.98 Å². The molecule has 4 aromatic rings. The van der Waals surface area contributed by atoms with Crippen molar-refractivity contribution in [2.75, 3.05) is 19.1 Å². The Morgan fingerprint density at radius 1 is 1.00 bits per heavy atom. The molecule has 1 fully saturated rings. The number of thiazole rings is 1. The summed E-state index contributed by atoms with van der Waals surface area (Å²) in [6, 6.07) is 17.8. The number of aromatic nitrogens is 1. The average molecular weight is 601 g/mol. The number of carbonyl (C=O) groups excluding carboxylic acids is 3. The number of aryl methyl sites for hydroxylation is 2. The molecule has 5 rings (SSSR count). The number of carbonyl (C=O) groups is 3. The van der Waals surface area contributed by atoms with E-state index >= 15 is 0 Å². The van der Waals surface area contributed by atoms with Gasteiger partial charge < -0.3 is 24.4 Å². The summed E-state index contributed by atoms with van der Waals surface area (Å²) < 4.78 is 16.1. The lowest BCUT2D eigenvalue weighted by atomic mass is 9.94. The molecule has 43 heavy (non-hydrogen) atoms. The van der Waals surface area contributed by atoms with Crippen LogP contribution < -0.4 is 14.4 Å². The molecule has 1 aliphatic rings. The first-order chi connectivity index (χ1) is 20.6. The molecule has 2 N–H and O–H groups in total. The maximum atomic E-state index is 13.6. The van der Waals surface area contributed by atoms with Crippen LogP contribution >= 0.6 is 11.3 Å². The second-order valence-electron chi connectivity index (χ2n) is 9.76. The molecule has 0 aliphatic carbocycles. The Bertz CT molecular complexity index is 1760. The number of benzene rings is 3. The van der Waals surface area contributed by atoms with Gasteiger partial charge in [-0.15, -0.1) is 0 Å². The Labute approximate surface area is 251 Å². The number of esters is 1. The van der Waals surface area contributed by atoms with Crippen LogP contribution in [0.1, 0.15) is 43.7 Å². The van der Waals surface area contributed by atoms with Gasteiger partial charge in [-0.25, -0.2) is 9.78 Å². The number of anilines is 1. The average Bonchev–Trinajstić information content (AvgIpc) is 3.52. The number of aromatic hydroxyl groups is 1. The summed E-state index contributed by atoms with van der Waals surface area (Å²) in [6.07, 6.45) is 0. The SMILES string of the molecule is COC(=O)c1sc(N2C(=O)C(=O)/C(=C(/O)c3ccc(OCc4ccccc4)c(C)c3)[C@@H]2c2ccc(O)c(OC)c2)nc1C. The van der Waals surface area contributed by atoms with Gasteiger partial charge in [-0.2, -0.15) is 0 Å². The van der Waals surface area contributed by atoms with E-state index in [0.717, 1.165) is 21.8 Å². The van der Waals surface area contributed by atoms with Crippen LogP contribution in [-0.4, -0.2) is 47.1 Å². The Kier molecular flexibility index (Phi) is 8.18. The van der Waals surface area contributed by atoms with Gasteiger partial charge in [0.15, 0.2) is 16.6 Å². The number of aliphatic hydroxyl groups excluding tert-OH is 1.